The summed E-state index contributed by atoms with van der Waals surface area (Å²) in [5, 5.41) is 9.33. The summed E-state index contributed by atoms with van der Waals surface area (Å²) in [6, 6.07) is 0. The van der Waals surface area contributed by atoms with Crippen molar-refractivity contribution in [3.05, 3.63) is 0 Å². The van der Waals surface area contributed by atoms with Gasteiger partial charge in [0.1, 0.15) is 0 Å². The zero-order valence-electron chi connectivity index (χ0n) is 10.8. The fraction of sp³-hybridized carbons (Fsp3) is 1.00. The van der Waals surface area contributed by atoms with Gasteiger partial charge in [0.25, 0.3) is 0 Å². The van der Waals surface area contributed by atoms with E-state index in [1.54, 1.807) is 0 Å². The Kier molecular flexibility index (Phi) is 5.37. The van der Waals surface area contributed by atoms with Gasteiger partial charge >= 0.3 is 0 Å². The fourth-order valence-electron chi connectivity index (χ4n) is 2.33. The lowest BCUT2D eigenvalue weighted by molar-refractivity contribution is 0.0468. The molecule has 1 heterocycles. The Morgan fingerprint density at radius 3 is 2.76 bits per heavy atom. The van der Waals surface area contributed by atoms with Gasteiger partial charge in [-0.2, -0.15) is 0 Å². The molecule has 0 aromatic carbocycles. The van der Waals surface area contributed by atoms with Gasteiger partial charge < -0.3 is 10.0 Å². The van der Waals surface area contributed by atoms with Gasteiger partial charge in [0.15, 0.2) is 0 Å². The summed E-state index contributed by atoms with van der Waals surface area (Å²) in [7, 11) is -1.64. The van der Waals surface area contributed by atoms with Gasteiger partial charge in [-0.05, 0) is 39.4 Å². The molecule has 0 bridgehead atoms. The first-order valence-electron chi connectivity index (χ1n) is 6.15. The minimum absolute atomic E-state index is 0.0138. The van der Waals surface area contributed by atoms with Crippen LogP contribution in [0.3, 0.4) is 0 Å². The minimum Gasteiger partial charge on any atom is -0.396 e. The van der Waals surface area contributed by atoms with Crippen molar-refractivity contribution in [2.75, 3.05) is 39.0 Å². The maximum Gasteiger partial charge on any atom is 0.211 e. The van der Waals surface area contributed by atoms with E-state index in [0.29, 0.717) is 6.42 Å². The van der Waals surface area contributed by atoms with Gasteiger partial charge in [-0.15, -0.1) is 0 Å². The number of hydrogen-bond donors (Lipinski definition) is 2. The molecule has 0 saturated carbocycles. The molecule has 1 rings (SSSR count). The average Bonchev–Trinajstić information content (AvgIpc) is 2.29. The quantitative estimate of drug-likeness (QED) is 0.709. The van der Waals surface area contributed by atoms with Crippen LogP contribution in [-0.2, 0) is 10.0 Å². The molecule has 1 unspecified atom stereocenters. The number of nitrogens with zero attached hydrogens (tertiary/aromatic N) is 1. The van der Waals surface area contributed by atoms with Gasteiger partial charge in [0.05, 0.1) is 5.75 Å². The first-order valence-corrected chi connectivity index (χ1v) is 7.80. The topological polar surface area (TPSA) is 69.6 Å². The Bertz CT molecular complexity index is 332. The second-order valence-corrected chi connectivity index (χ2v) is 7.27. The van der Waals surface area contributed by atoms with Crippen LogP contribution in [0, 0.1) is 5.41 Å². The highest BCUT2D eigenvalue weighted by molar-refractivity contribution is 7.89. The van der Waals surface area contributed by atoms with E-state index in [9.17, 15) is 13.5 Å². The molecule has 0 aromatic rings. The average molecular weight is 264 g/mol. The smallest absolute Gasteiger partial charge is 0.211 e. The molecule has 1 aliphatic heterocycles. The van der Waals surface area contributed by atoms with Crippen LogP contribution in [0.15, 0.2) is 0 Å². The van der Waals surface area contributed by atoms with E-state index in [0.717, 1.165) is 32.5 Å². The van der Waals surface area contributed by atoms with E-state index in [4.69, 9.17) is 0 Å². The molecule has 1 aliphatic rings. The monoisotopic (exact) mass is 264 g/mol. The molecule has 0 radical (unpaired) electrons. The molecular weight excluding hydrogens is 240 g/mol. The lowest BCUT2D eigenvalue weighted by Crippen LogP contribution is -2.44. The second-order valence-electron chi connectivity index (χ2n) is 5.23. The van der Waals surface area contributed by atoms with Crippen molar-refractivity contribution in [1.82, 2.24) is 9.62 Å². The Morgan fingerprint density at radius 1 is 1.47 bits per heavy atom. The molecule has 0 amide bonds. The Hall–Kier alpha value is -0.170. The minimum atomic E-state index is -3.08. The van der Waals surface area contributed by atoms with Crippen molar-refractivity contribution in [2.24, 2.45) is 5.41 Å². The first-order chi connectivity index (χ1) is 7.91. The second kappa shape index (κ2) is 6.13. The number of sulfonamides is 1. The highest BCUT2D eigenvalue weighted by Crippen LogP contribution is 2.28. The summed E-state index contributed by atoms with van der Waals surface area (Å²) < 4.78 is 24.8. The summed E-state index contributed by atoms with van der Waals surface area (Å²) in [5.41, 5.74) is -0.0138. The Balaban J connectivity index is 2.33. The van der Waals surface area contributed by atoms with Gasteiger partial charge in [-0.1, -0.05) is 6.92 Å². The number of nitrogens with one attached hydrogen (secondary N) is 1. The van der Waals surface area contributed by atoms with Crippen LogP contribution < -0.4 is 4.72 Å². The first kappa shape index (κ1) is 14.9. The molecule has 1 fully saturated rings. The van der Waals surface area contributed by atoms with E-state index in [1.807, 2.05) is 0 Å². The molecule has 0 aromatic heterocycles. The summed E-state index contributed by atoms with van der Waals surface area (Å²) in [4.78, 5) is 2.25. The van der Waals surface area contributed by atoms with Gasteiger partial charge in [-0.3, -0.25) is 0 Å². The fourth-order valence-corrected chi connectivity index (χ4v) is 3.04. The number of rotatable bonds is 6. The van der Waals surface area contributed by atoms with Gasteiger partial charge in [0.2, 0.25) is 10.0 Å². The van der Waals surface area contributed by atoms with Gasteiger partial charge in [0, 0.05) is 18.6 Å². The molecule has 0 spiro atoms. The van der Waals surface area contributed by atoms with Crippen molar-refractivity contribution in [3.8, 4) is 0 Å². The molecular formula is C11H24N2O3S. The van der Waals surface area contributed by atoms with Crippen LogP contribution in [0.1, 0.15) is 26.2 Å². The Morgan fingerprint density at radius 2 is 2.18 bits per heavy atom. The van der Waals surface area contributed by atoms with E-state index in [2.05, 4.69) is 16.5 Å². The number of aliphatic hydroxyl groups excluding tert-OH is 1. The van der Waals surface area contributed by atoms with E-state index >= 15 is 0 Å². The van der Waals surface area contributed by atoms with Crippen LogP contribution in [0.4, 0.5) is 0 Å². The molecule has 0 aliphatic carbocycles. The van der Waals surface area contributed by atoms with Crippen molar-refractivity contribution >= 4 is 10.0 Å². The maximum atomic E-state index is 11.3. The van der Waals surface area contributed by atoms with Crippen LogP contribution in [0.2, 0.25) is 0 Å². The SMILES string of the molecule is CNS(=O)(=O)CCCN1CCCC(C)(CO)C1. The highest BCUT2D eigenvalue weighted by Gasteiger charge is 2.29. The molecule has 102 valence electrons. The summed E-state index contributed by atoms with van der Waals surface area (Å²) in [5.74, 6) is 0.176. The molecule has 6 heteroatoms. The number of aliphatic hydroxyl groups is 1. The predicted molar refractivity (Wildman–Crippen MR) is 68.3 cm³/mol. The third kappa shape index (κ3) is 4.91. The molecule has 2 N–H and O–H groups in total. The largest absolute Gasteiger partial charge is 0.396 e. The molecule has 17 heavy (non-hydrogen) atoms. The number of hydrogen-bond acceptors (Lipinski definition) is 4. The van der Waals surface area contributed by atoms with Crippen LogP contribution >= 0.6 is 0 Å². The lowest BCUT2D eigenvalue weighted by Gasteiger charge is -2.39. The van der Waals surface area contributed by atoms with Crippen molar-refractivity contribution < 1.29 is 13.5 Å². The third-order valence-corrected chi connectivity index (χ3v) is 4.89. The maximum absolute atomic E-state index is 11.3. The number of piperidine rings is 1. The number of likely N-dealkylation sites (tertiary alicyclic amines) is 1. The lowest BCUT2D eigenvalue weighted by atomic mass is 9.83. The third-order valence-electron chi connectivity index (χ3n) is 3.44. The Labute approximate surface area is 104 Å². The van der Waals surface area contributed by atoms with Crippen molar-refractivity contribution in [2.45, 2.75) is 26.2 Å². The normalized spacial score (nSPS) is 27.2. The van der Waals surface area contributed by atoms with Crippen LogP contribution in [0.25, 0.3) is 0 Å². The highest BCUT2D eigenvalue weighted by atomic mass is 32.2. The van der Waals surface area contributed by atoms with E-state index < -0.39 is 10.0 Å². The molecule has 1 atom stereocenters. The molecule has 5 nitrogen and oxygen atoms in total. The predicted octanol–water partition coefficient (Wildman–Crippen LogP) is 0.0201. The van der Waals surface area contributed by atoms with Crippen LogP contribution in [0.5, 0.6) is 0 Å². The summed E-state index contributed by atoms with van der Waals surface area (Å²) in [6.07, 6.45) is 2.77. The van der Waals surface area contributed by atoms with Crippen molar-refractivity contribution in [3.63, 3.8) is 0 Å². The van der Waals surface area contributed by atoms with Gasteiger partial charge in [-0.25, -0.2) is 13.1 Å². The standard InChI is InChI=1S/C11H24N2O3S/c1-11(10-14)5-3-6-13(9-11)7-4-8-17(15,16)12-2/h12,14H,3-10H2,1-2H3. The van der Waals surface area contributed by atoms with E-state index in [-0.39, 0.29) is 17.8 Å². The van der Waals surface area contributed by atoms with Crippen LogP contribution in [-0.4, -0.2) is 57.5 Å². The zero-order valence-corrected chi connectivity index (χ0v) is 11.6. The van der Waals surface area contributed by atoms with Crippen molar-refractivity contribution in [1.29, 1.82) is 0 Å². The van der Waals surface area contributed by atoms with E-state index in [1.165, 1.54) is 7.05 Å². The summed E-state index contributed by atoms with van der Waals surface area (Å²) >= 11 is 0. The molecule has 1 saturated heterocycles. The zero-order chi connectivity index (χ0) is 12.9. The summed E-state index contributed by atoms with van der Waals surface area (Å²) in [6.45, 7) is 4.95.